The highest BCUT2D eigenvalue weighted by atomic mass is 16.3. The Kier molecular flexibility index (Phi) is 9.77. The molecular formula is C25H38O3. The minimum absolute atomic E-state index is 0.146. The van der Waals surface area contributed by atoms with Crippen molar-refractivity contribution in [2.24, 2.45) is 5.92 Å². The van der Waals surface area contributed by atoms with E-state index in [4.69, 9.17) is 5.11 Å². The Morgan fingerprint density at radius 1 is 1.11 bits per heavy atom. The number of allylic oxidation sites excluding steroid dienone is 1. The first kappa shape index (κ1) is 22.7. The summed E-state index contributed by atoms with van der Waals surface area (Å²) in [6.45, 7) is 5.69. The summed E-state index contributed by atoms with van der Waals surface area (Å²) in [5, 5.41) is 19.5. The van der Waals surface area contributed by atoms with Crippen LogP contribution in [0.25, 0.3) is 0 Å². The van der Waals surface area contributed by atoms with Gasteiger partial charge in [0, 0.05) is 18.8 Å². The van der Waals surface area contributed by atoms with E-state index < -0.39 is 0 Å². The zero-order chi connectivity index (χ0) is 20.4. The Labute approximate surface area is 170 Å². The van der Waals surface area contributed by atoms with E-state index in [9.17, 15) is 9.90 Å². The standard InChI is InChI=1S/C25H38O3/c1-3-4-7-12-24(27)21-15-13-20(14-16-21)22-17-18-25(28)23(22)11-9-6-5-8-10-19(2)26/h13-16,22-24,26-27H,2-12,17-18H2,1H3/t22-,23-,24-/m1/s1. The van der Waals surface area contributed by atoms with Gasteiger partial charge in [-0.2, -0.15) is 0 Å². The molecule has 0 unspecified atom stereocenters. The summed E-state index contributed by atoms with van der Waals surface area (Å²) in [7, 11) is 0. The Balaban J connectivity index is 1.84. The second kappa shape index (κ2) is 12.1. The van der Waals surface area contributed by atoms with Gasteiger partial charge in [0.05, 0.1) is 11.9 Å². The Hall–Kier alpha value is -1.61. The predicted octanol–water partition coefficient (Wildman–Crippen LogP) is 6.78. The molecule has 0 bridgehead atoms. The molecule has 1 aliphatic carbocycles. The normalized spacial score (nSPS) is 20.4. The fraction of sp³-hybridized carbons (Fsp3) is 0.640. The van der Waals surface area contributed by atoms with Crippen molar-refractivity contribution in [1.29, 1.82) is 0 Å². The maximum atomic E-state index is 12.4. The summed E-state index contributed by atoms with van der Waals surface area (Å²) in [6.07, 6.45) is 11.3. The van der Waals surface area contributed by atoms with E-state index in [1.165, 1.54) is 12.0 Å². The van der Waals surface area contributed by atoms with Gasteiger partial charge in [-0.3, -0.25) is 4.79 Å². The van der Waals surface area contributed by atoms with E-state index in [2.05, 4.69) is 25.6 Å². The number of hydrogen-bond donors (Lipinski definition) is 2. The zero-order valence-corrected chi connectivity index (χ0v) is 17.5. The van der Waals surface area contributed by atoms with Gasteiger partial charge in [0.1, 0.15) is 5.78 Å². The minimum Gasteiger partial charge on any atom is -0.513 e. The Morgan fingerprint density at radius 2 is 1.82 bits per heavy atom. The fourth-order valence-corrected chi connectivity index (χ4v) is 4.44. The van der Waals surface area contributed by atoms with E-state index >= 15 is 0 Å². The second-order valence-corrected chi connectivity index (χ2v) is 8.42. The first-order chi connectivity index (χ1) is 13.5. The molecule has 3 nitrogen and oxygen atoms in total. The molecule has 28 heavy (non-hydrogen) atoms. The van der Waals surface area contributed by atoms with E-state index in [-0.39, 0.29) is 17.8 Å². The topological polar surface area (TPSA) is 57.5 Å². The molecule has 3 heteroatoms. The van der Waals surface area contributed by atoms with E-state index in [0.717, 1.165) is 63.4 Å². The monoisotopic (exact) mass is 386 g/mol. The minimum atomic E-state index is -0.378. The molecular weight excluding hydrogens is 348 g/mol. The van der Waals surface area contributed by atoms with Crippen LogP contribution in [-0.4, -0.2) is 16.0 Å². The average molecular weight is 387 g/mol. The number of benzene rings is 1. The third kappa shape index (κ3) is 7.09. The van der Waals surface area contributed by atoms with Crippen LogP contribution in [0, 0.1) is 5.92 Å². The molecule has 0 aromatic heterocycles. The summed E-state index contributed by atoms with van der Waals surface area (Å²) in [6, 6.07) is 8.35. The van der Waals surface area contributed by atoms with Crippen LogP contribution in [0.4, 0.5) is 0 Å². The summed E-state index contributed by atoms with van der Waals surface area (Å²) >= 11 is 0. The van der Waals surface area contributed by atoms with Gasteiger partial charge in [-0.05, 0) is 42.7 Å². The van der Waals surface area contributed by atoms with Crippen LogP contribution in [0.5, 0.6) is 0 Å². The fourth-order valence-electron chi connectivity index (χ4n) is 4.44. The lowest BCUT2D eigenvalue weighted by Gasteiger charge is -2.20. The van der Waals surface area contributed by atoms with Crippen LogP contribution < -0.4 is 0 Å². The molecule has 1 aliphatic rings. The van der Waals surface area contributed by atoms with Gasteiger partial charge in [0.25, 0.3) is 0 Å². The summed E-state index contributed by atoms with van der Waals surface area (Å²) in [4.78, 5) is 12.4. The summed E-state index contributed by atoms with van der Waals surface area (Å²) < 4.78 is 0. The molecule has 3 atom stereocenters. The van der Waals surface area contributed by atoms with Crippen LogP contribution >= 0.6 is 0 Å². The molecule has 0 spiro atoms. The third-order valence-electron chi connectivity index (χ3n) is 6.16. The van der Waals surface area contributed by atoms with Crippen LogP contribution in [0.15, 0.2) is 36.6 Å². The SMILES string of the molecule is C=C(O)CCCCCC[C@H]1C(=O)CC[C@@H]1c1ccc([C@H](O)CCCCC)cc1. The number of Topliss-reactive ketones (excluding diaryl/α,β-unsaturated/α-hetero) is 1. The van der Waals surface area contributed by atoms with Crippen molar-refractivity contribution in [1.82, 2.24) is 0 Å². The van der Waals surface area contributed by atoms with Crippen LogP contribution in [0.3, 0.4) is 0 Å². The maximum Gasteiger partial charge on any atom is 0.136 e. The number of aliphatic hydroxyl groups excluding tert-OH is 2. The lowest BCUT2D eigenvalue weighted by atomic mass is 9.84. The van der Waals surface area contributed by atoms with E-state index in [0.29, 0.717) is 24.5 Å². The lowest BCUT2D eigenvalue weighted by molar-refractivity contribution is -0.121. The molecule has 0 radical (unpaired) electrons. The molecule has 1 aromatic carbocycles. The van der Waals surface area contributed by atoms with Crippen LogP contribution in [0.2, 0.25) is 0 Å². The number of hydrogen-bond acceptors (Lipinski definition) is 3. The summed E-state index contributed by atoms with van der Waals surface area (Å²) in [5.74, 6) is 1.16. The highest BCUT2D eigenvalue weighted by molar-refractivity contribution is 5.84. The highest BCUT2D eigenvalue weighted by Gasteiger charge is 2.34. The van der Waals surface area contributed by atoms with Gasteiger partial charge in [-0.25, -0.2) is 0 Å². The van der Waals surface area contributed by atoms with Crippen LogP contribution in [-0.2, 0) is 4.79 Å². The van der Waals surface area contributed by atoms with Crippen molar-refractivity contribution in [3.05, 3.63) is 47.7 Å². The van der Waals surface area contributed by atoms with Crippen molar-refractivity contribution >= 4 is 5.78 Å². The molecule has 1 fully saturated rings. The Bertz CT molecular complexity index is 605. The van der Waals surface area contributed by atoms with Gasteiger partial charge in [0.2, 0.25) is 0 Å². The quantitative estimate of drug-likeness (QED) is 0.290. The molecule has 0 amide bonds. The molecule has 1 saturated carbocycles. The first-order valence-corrected chi connectivity index (χ1v) is 11.2. The van der Waals surface area contributed by atoms with Gasteiger partial charge < -0.3 is 10.2 Å². The number of ketones is 1. The van der Waals surface area contributed by atoms with Gasteiger partial charge in [-0.1, -0.05) is 76.3 Å². The molecule has 2 rings (SSSR count). The van der Waals surface area contributed by atoms with Crippen molar-refractivity contribution < 1.29 is 15.0 Å². The van der Waals surface area contributed by atoms with Crippen LogP contribution in [0.1, 0.15) is 107 Å². The van der Waals surface area contributed by atoms with Crippen molar-refractivity contribution in [3.63, 3.8) is 0 Å². The number of rotatable bonds is 13. The molecule has 0 heterocycles. The predicted molar refractivity (Wildman–Crippen MR) is 115 cm³/mol. The lowest BCUT2D eigenvalue weighted by Crippen LogP contribution is -2.13. The molecule has 156 valence electrons. The third-order valence-corrected chi connectivity index (χ3v) is 6.16. The van der Waals surface area contributed by atoms with Gasteiger partial charge in [-0.15, -0.1) is 0 Å². The van der Waals surface area contributed by atoms with E-state index in [1.54, 1.807) is 0 Å². The summed E-state index contributed by atoms with van der Waals surface area (Å²) in [5.41, 5.74) is 2.24. The van der Waals surface area contributed by atoms with Gasteiger partial charge in [0.15, 0.2) is 0 Å². The smallest absolute Gasteiger partial charge is 0.136 e. The highest BCUT2D eigenvalue weighted by Crippen LogP contribution is 2.40. The second-order valence-electron chi connectivity index (χ2n) is 8.42. The number of carbonyl (C=O) groups excluding carboxylic acids is 1. The largest absolute Gasteiger partial charge is 0.513 e. The molecule has 0 saturated heterocycles. The first-order valence-electron chi connectivity index (χ1n) is 11.2. The number of unbranched alkanes of at least 4 members (excludes halogenated alkanes) is 5. The average Bonchev–Trinajstić information content (AvgIpc) is 3.05. The van der Waals surface area contributed by atoms with E-state index in [1.807, 2.05) is 12.1 Å². The van der Waals surface area contributed by atoms with Crippen molar-refractivity contribution in [3.8, 4) is 0 Å². The number of carbonyl (C=O) groups is 1. The zero-order valence-electron chi connectivity index (χ0n) is 17.5. The molecule has 0 aliphatic heterocycles. The number of aliphatic hydroxyl groups is 2. The Morgan fingerprint density at radius 3 is 2.50 bits per heavy atom. The molecule has 2 N–H and O–H groups in total. The van der Waals surface area contributed by atoms with Crippen molar-refractivity contribution in [2.45, 2.75) is 96.0 Å². The van der Waals surface area contributed by atoms with Crippen molar-refractivity contribution in [2.75, 3.05) is 0 Å². The van der Waals surface area contributed by atoms with Gasteiger partial charge >= 0.3 is 0 Å². The molecule has 1 aromatic rings. The maximum absolute atomic E-state index is 12.4.